The van der Waals surface area contributed by atoms with Crippen LogP contribution in [0.3, 0.4) is 0 Å². The molecule has 1 atom stereocenters. The molecule has 5 heteroatoms. The number of halogens is 1. The first-order valence-corrected chi connectivity index (χ1v) is 6.74. The molecule has 0 fully saturated rings. The number of aliphatic hydroxyl groups excluding tert-OH is 1. The van der Waals surface area contributed by atoms with Crippen LogP contribution in [0.4, 0.5) is 0 Å². The smallest absolute Gasteiger partial charge is 0.139 e. The quantitative estimate of drug-likeness (QED) is 0.945. The number of pyridine rings is 1. The molecule has 0 aliphatic heterocycles. The highest BCUT2D eigenvalue weighted by Crippen LogP contribution is 2.27. The summed E-state index contributed by atoms with van der Waals surface area (Å²) in [6, 6.07) is 3.80. The maximum absolute atomic E-state index is 10.4. The van der Waals surface area contributed by atoms with Crippen LogP contribution in [-0.2, 0) is 6.54 Å². The van der Waals surface area contributed by atoms with Crippen LogP contribution in [0.1, 0.15) is 36.4 Å². The molecular weight excluding hydrogens is 294 g/mol. The molecule has 2 aromatic rings. The molecule has 0 spiro atoms. The highest BCUT2D eigenvalue weighted by Gasteiger charge is 2.20. The zero-order valence-electron chi connectivity index (χ0n) is 10.5. The van der Waals surface area contributed by atoms with E-state index < -0.39 is 6.10 Å². The molecule has 2 rings (SSSR count). The standard InChI is InChI=1S/C13H16BrN3O/c1-3-6-17-12(10(14)8-16-17)13(18)11-7-9(2)4-5-15-11/h4-5,7-8,13,18H,3,6H2,1-2H3. The number of rotatable bonds is 4. The van der Waals surface area contributed by atoms with Crippen molar-refractivity contribution in [1.29, 1.82) is 0 Å². The van der Waals surface area contributed by atoms with Gasteiger partial charge in [0.05, 0.1) is 22.1 Å². The summed E-state index contributed by atoms with van der Waals surface area (Å²) in [5, 5.41) is 14.7. The maximum Gasteiger partial charge on any atom is 0.139 e. The largest absolute Gasteiger partial charge is 0.380 e. The van der Waals surface area contributed by atoms with Crippen LogP contribution in [-0.4, -0.2) is 19.9 Å². The Morgan fingerprint density at radius 2 is 2.28 bits per heavy atom. The Hall–Kier alpha value is -1.20. The lowest BCUT2D eigenvalue weighted by Gasteiger charge is -2.13. The van der Waals surface area contributed by atoms with Crippen LogP contribution in [0.25, 0.3) is 0 Å². The molecule has 1 unspecified atom stereocenters. The summed E-state index contributed by atoms with van der Waals surface area (Å²) in [4.78, 5) is 4.23. The van der Waals surface area contributed by atoms with Gasteiger partial charge >= 0.3 is 0 Å². The summed E-state index contributed by atoms with van der Waals surface area (Å²) in [5.41, 5.74) is 2.49. The normalized spacial score (nSPS) is 12.7. The van der Waals surface area contributed by atoms with Gasteiger partial charge in [-0.2, -0.15) is 5.10 Å². The molecule has 1 N–H and O–H groups in total. The molecule has 96 valence electrons. The Morgan fingerprint density at radius 3 is 2.94 bits per heavy atom. The van der Waals surface area contributed by atoms with Crippen LogP contribution in [0.2, 0.25) is 0 Å². The fraction of sp³-hybridized carbons (Fsp3) is 0.385. The maximum atomic E-state index is 10.4. The molecule has 0 radical (unpaired) electrons. The molecule has 18 heavy (non-hydrogen) atoms. The van der Waals surface area contributed by atoms with E-state index in [1.807, 2.05) is 23.7 Å². The zero-order valence-corrected chi connectivity index (χ0v) is 12.1. The van der Waals surface area contributed by atoms with Crippen molar-refractivity contribution in [3.63, 3.8) is 0 Å². The van der Waals surface area contributed by atoms with Gasteiger partial charge in [0.25, 0.3) is 0 Å². The van der Waals surface area contributed by atoms with Crippen LogP contribution in [0.15, 0.2) is 29.0 Å². The summed E-state index contributed by atoms with van der Waals surface area (Å²) < 4.78 is 2.63. The van der Waals surface area contributed by atoms with E-state index in [0.717, 1.165) is 28.7 Å². The van der Waals surface area contributed by atoms with Crippen molar-refractivity contribution in [2.75, 3.05) is 0 Å². The third-order valence-electron chi connectivity index (χ3n) is 2.74. The Bertz CT molecular complexity index is 539. The van der Waals surface area contributed by atoms with E-state index in [2.05, 4.69) is 32.9 Å². The first kappa shape index (κ1) is 13.2. The Labute approximate surface area is 115 Å². The van der Waals surface area contributed by atoms with Crippen molar-refractivity contribution < 1.29 is 5.11 Å². The van der Waals surface area contributed by atoms with Crippen LogP contribution >= 0.6 is 15.9 Å². The van der Waals surface area contributed by atoms with Crippen molar-refractivity contribution in [1.82, 2.24) is 14.8 Å². The van der Waals surface area contributed by atoms with Gasteiger partial charge in [-0.1, -0.05) is 6.92 Å². The summed E-state index contributed by atoms with van der Waals surface area (Å²) in [5.74, 6) is 0. The van der Waals surface area contributed by atoms with Crippen molar-refractivity contribution in [2.45, 2.75) is 32.9 Å². The van der Waals surface area contributed by atoms with E-state index in [9.17, 15) is 5.11 Å². The third-order valence-corrected chi connectivity index (χ3v) is 3.36. The van der Waals surface area contributed by atoms with Crippen molar-refractivity contribution in [3.05, 3.63) is 46.0 Å². The lowest BCUT2D eigenvalue weighted by Crippen LogP contribution is -2.11. The number of nitrogens with zero attached hydrogens (tertiary/aromatic N) is 3. The second-order valence-corrected chi connectivity index (χ2v) is 5.12. The summed E-state index contributed by atoms with van der Waals surface area (Å²) in [6.45, 7) is 4.84. The first-order chi connectivity index (χ1) is 8.63. The van der Waals surface area contributed by atoms with Crippen LogP contribution < -0.4 is 0 Å². The predicted octanol–water partition coefficient (Wildman–Crippen LogP) is 2.84. The SMILES string of the molecule is CCCn1ncc(Br)c1C(O)c1cc(C)ccn1. The minimum Gasteiger partial charge on any atom is -0.380 e. The Morgan fingerprint density at radius 1 is 1.50 bits per heavy atom. The Balaban J connectivity index is 2.39. The number of hydrogen-bond donors (Lipinski definition) is 1. The number of aliphatic hydroxyl groups is 1. The van der Waals surface area contributed by atoms with Gasteiger partial charge in [0.15, 0.2) is 0 Å². The predicted molar refractivity (Wildman–Crippen MR) is 73.3 cm³/mol. The lowest BCUT2D eigenvalue weighted by molar-refractivity contribution is 0.201. The van der Waals surface area contributed by atoms with E-state index >= 15 is 0 Å². The Kier molecular flexibility index (Phi) is 4.14. The monoisotopic (exact) mass is 309 g/mol. The van der Waals surface area contributed by atoms with Crippen molar-refractivity contribution in [3.8, 4) is 0 Å². The highest BCUT2D eigenvalue weighted by molar-refractivity contribution is 9.10. The van der Waals surface area contributed by atoms with Gasteiger partial charge in [0.2, 0.25) is 0 Å². The molecule has 4 nitrogen and oxygen atoms in total. The fourth-order valence-electron chi connectivity index (χ4n) is 1.88. The third kappa shape index (κ3) is 2.62. The van der Waals surface area contributed by atoms with Gasteiger partial charge in [-0.3, -0.25) is 9.67 Å². The molecule has 0 aromatic carbocycles. The molecular formula is C13H16BrN3O. The topological polar surface area (TPSA) is 50.9 Å². The first-order valence-electron chi connectivity index (χ1n) is 5.95. The molecule has 2 aromatic heterocycles. The summed E-state index contributed by atoms with van der Waals surface area (Å²) >= 11 is 3.43. The molecule has 2 heterocycles. The summed E-state index contributed by atoms with van der Waals surface area (Å²) in [7, 11) is 0. The highest BCUT2D eigenvalue weighted by atomic mass is 79.9. The molecule has 0 amide bonds. The molecule has 0 saturated carbocycles. The van der Waals surface area contributed by atoms with Crippen LogP contribution in [0.5, 0.6) is 0 Å². The van der Waals surface area contributed by atoms with Crippen molar-refractivity contribution in [2.24, 2.45) is 0 Å². The number of aryl methyl sites for hydroxylation is 2. The lowest BCUT2D eigenvalue weighted by atomic mass is 10.1. The van der Waals surface area contributed by atoms with Crippen LogP contribution in [0, 0.1) is 6.92 Å². The molecule has 0 saturated heterocycles. The van der Waals surface area contributed by atoms with Gasteiger partial charge in [-0.25, -0.2) is 0 Å². The second kappa shape index (κ2) is 5.63. The van der Waals surface area contributed by atoms with E-state index in [1.165, 1.54) is 0 Å². The minimum absolute atomic E-state index is 0.647. The van der Waals surface area contributed by atoms with E-state index in [-0.39, 0.29) is 0 Å². The van der Waals surface area contributed by atoms with E-state index in [4.69, 9.17) is 0 Å². The zero-order chi connectivity index (χ0) is 13.1. The van der Waals surface area contributed by atoms with Gasteiger partial charge < -0.3 is 5.11 Å². The van der Waals surface area contributed by atoms with Gasteiger partial charge in [0, 0.05) is 12.7 Å². The molecule has 0 aliphatic rings. The van der Waals surface area contributed by atoms with Gasteiger partial charge in [0.1, 0.15) is 6.10 Å². The minimum atomic E-state index is -0.756. The average Bonchev–Trinajstić information content (AvgIpc) is 2.70. The fourth-order valence-corrected chi connectivity index (χ4v) is 2.40. The molecule has 0 bridgehead atoms. The van der Waals surface area contributed by atoms with E-state index in [1.54, 1.807) is 12.4 Å². The van der Waals surface area contributed by atoms with Gasteiger partial charge in [-0.15, -0.1) is 0 Å². The van der Waals surface area contributed by atoms with Crippen molar-refractivity contribution >= 4 is 15.9 Å². The second-order valence-electron chi connectivity index (χ2n) is 4.26. The van der Waals surface area contributed by atoms with E-state index in [0.29, 0.717) is 5.69 Å². The average molecular weight is 310 g/mol. The summed E-state index contributed by atoms with van der Waals surface area (Å²) in [6.07, 6.45) is 3.63. The number of hydrogen-bond acceptors (Lipinski definition) is 3. The van der Waals surface area contributed by atoms with Gasteiger partial charge in [-0.05, 0) is 47.0 Å². The molecule has 0 aliphatic carbocycles. The number of aromatic nitrogens is 3.